The predicted octanol–water partition coefficient (Wildman–Crippen LogP) is 3.28. The van der Waals surface area contributed by atoms with Crippen molar-refractivity contribution in [1.29, 1.82) is 0 Å². The number of sulfonamides is 1. The fourth-order valence-electron chi connectivity index (χ4n) is 4.79. The van der Waals surface area contributed by atoms with Crippen molar-refractivity contribution >= 4 is 10.0 Å². The van der Waals surface area contributed by atoms with Gasteiger partial charge in [-0.1, -0.05) is 42.5 Å². The first-order valence-corrected chi connectivity index (χ1v) is 11.7. The summed E-state index contributed by atoms with van der Waals surface area (Å²) < 4.78 is 31.6. The summed E-state index contributed by atoms with van der Waals surface area (Å²) in [6.45, 7) is 1.18. The summed E-state index contributed by atoms with van der Waals surface area (Å²) in [4.78, 5) is 2.56. The molecule has 2 aliphatic rings. The highest BCUT2D eigenvalue weighted by Crippen LogP contribution is 2.41. The van der Waals surface area contributed by atoms with E-state index in [0.29, 0.717) is 19.1 Å². The van der Waals surface area contributed by atoms with Crippen LogP contribution in [0.25, 0.3) is 0 Å². The van der Waals surface area contributed by atoms with Gasteiger partial charge >= 0.3 is 0 Å². The number of hydrogen-bond donors (Lipinski definition) is 0. The molecule has 0 amide bonds. The Labute approximate surface area is 168 Å². The Morgan fingerprint density at radius 3 is 2.39 bits per heavy atom. The van der Waals surface area contributed by atoms with E-state index in [1.807, 2.05) is 18.2 Å². The van der Waals surface area contributed by atoms with E-state index in [1.54, 1.807) is 11.4 Å². The summed E-state index contributed by atoms with van der Waals surface area (Å²) in [5.74, 6) is 0.846. The molecule has 2 aromatic carbocycles. The first kappa shape index (κ1) is 19.4. The maximum Gasteiger partial charge on any atom is 0.211 e. The molecular formula is C22H28N2O3S. The topological polar surface area (TPSA) is 49.9 Å². The number of fused-ring (bicyclic) bond motifs is 2. The minimum absolute atomic E-state index is 0.0910. The van der Waals surface area contributed by atoms with Crippen molar-refractivity contribution in [3.05, 3.63) is 65.7 Å². The molecule has 28 heavy (non-hydrogen) atoms. The largest absolute Gasteiger partial charge is 0.497 e. The molecule has 4 rings (SSSR count). The van der Waals surface area contributed by atoms with Crippen molar-refractivity contribution in [3.8, 4) is 5.75 Å². The van der Waals surface area contributed by atoms with Gasteiger partial charge in [0.2, 0.25) is 10.0 Å². The molecule has 6 heteroatoms. The van der Waals surface area contributed by atoms with Gasteiger partial charge < -0.3 is 4.74 Å². The van der Waals surface area contributed by atoms with E-state index in [2.05, 4.69) is 41.3 Å². The zero-order chi connectivity index (χ0) is 19.7. The van der Waals surface area contributed by atoms with Gasteiger partial charge in [-0.2, -0.15) is 0 Å². The Kier molecular flexibility index (Phi) is 5.45. The van der Waals surface area contributed by atoms with Crippen LogP contribution in [0, 0.1) is 0 Å². The third kappa shape index (κ3) is 3.81. The summed E-state index contributed by atoms with van der Waals surface area (Å²) in [5.41, 5.74) is 2.43. The van der Waals surface area contributed by atoms with Crippen LogP contribution >= 0.6 is 0 Å². The van der Waals surface area contributed by atoms with Crippen molar-refractivity contribution in [2.45, 2.75) is 37.4 Å². The van der Waals surface area contributed by atoms with Gasteiger partial charge in [0.1, 0.15) is 5.75 Å². The van der Waals surface area contributed by atoms with Crippen molar-refractivity contribution in [2.75, 3.05) is 26.5 Å². The molecule has 3 atom stereocenters. The van der Waals surface area contributed by atoms with Gasteiger partial charge in [0, 0.05) is 25.2 Å². The summed E-state index contributed by atoms with van der Waals surface area (Å²) in [6.07, 6.45) is 4.35. The van der Waals surface area contributed by atoms with Crippen molar-refractivity contribution in [3.63, 3.8) is 0 Å². The molecule has 2 bridgehead atoms. The van der Waals surface area contributed by atoms with E-state index in [4.69, 9.17) is 4.74 Å². The van der Waals surface area contributed by atoms with Gasteiger partial charge in [0.15, 0.2) is 0 Å². The van der Waals surface area contributed by atoms with Crippen molar-refractivity contribution in [2.24, 2.45) is 0 Å². The van der Waals surface area contributed by atoms with Crippen LogP contribution < -0.4 is 4.74 Å². The lowest BCUT2D eigenvalue weighted by Gasteiger charge is -2.37. The number of methoxy groups -OCH3 is 1. The predicted molar refractivity (Wildman–Crippen MR) is 111 cm³/mol. The molecule has 2 fully saturated rings. The van der Waals surface area contributed by atoms with Crippen LogP contribution in [0.4, 0.5) is 0 Å². The number of ether oxygens (including phenoxy) is 1. The standard InChI is InChI=1S/C22H28N2O3S/c1-27-21-10-6-9-18(15-21)22(17-7-4-3-5-8-17)24-19-11-12-20(24)16-23(14-13-19)28(2,25)26/h3-10,15,19-20,22H,11-14,16H2,1-2H3/t19-,20-,22+/m0/s1. The minimum atomic E-state index is -3.17. The van der Waals surface area contributed by atoms with Crippen LogP contribution in [0.5, 0.6) is 5.75 Å². The maximum absolute atomic E-state index is 12.2. The lowest BCUT2D eigenvalue weighted by atomic mass is 9.95. The molecule has 0 saturated carbocycles. The zero-order valence-corrected chi connectivity index (χ0v) is 17.3. The summed E-state index contributed by atoms with van der Waals surface area (Å²) in [7, 11) is -1.48. The third-order valence-electron chi connectivity index (χ3n) is 6.09. The average molecular weight is 401 g/mol. The number of nitrogens with zero attached hydrogens (tertiary/aromatic N) is 2. The summed E-state index contributed by atoms with van der Waals surface area (Å²) in [5, 5.41) is 0. The fraction of sp³-hybridized carbons (Fsp3) is 0.455. The van der Waals surface area contributed by atoms with Crippen LogP contribution in [0.2, 0.25) is 0 Å². The normalized spacial score (nSPS) is 24.6. The van der Waals surface area contributed by atoms with E-state index in [0.717, 1.165) is 25.0 Å². The SMILES string of the molecule is COc1cccc([C@@H](c2ccccc2)N2[C@H]3CC[C@H]2CN(S(C)(=O)=O)CC3)c1. The minimum Gasteiger partial charge on any atom is -0.497 e. The van der Waals surface area contributed by atoms with Gasteiger partial charge in [0.25, 0.3) is 0 Å². The van der Waals surface area contributed by atoms with E-state index >= 15 is 0 Å². The molecule has 0 radical (unpaired) electrons. The molecule has 5 nitrogen and oxygen atoms in total. The molecule has 0 aromatic heterocycles. The monoisotopic (exact) mass is 400 g/mol. The van der Waals surface area contributed by atoms with Gasteiger partial charge in [0.05, 0.1) is 19.4 Å². The van der Waals surface area contributed by atoms with Gasteiger partial charge in [-0.05, 0) is 42.5 Å². The molecular weight excluding hydrogens is 372 g/mol. The Morgan fingerprint density at radius 2 is 1.68 bits per heavy atom. The second-order valence-corrected chi connectivity index (χ2v) is 9.81. The first-order valence-electron chi connectivity index (χ1n) is 9.89. The number of rotatable bonds is 5. The van der Waals surface area contributed by atoms with Crippen LogP contribution in [0.3, 0.4) is 0 Å². The third-order valence-corrected chi connectivity index (χ3v) is 7.36. The molecule has 2 aromatic rings. The summed E-state index contributed by atoms with van der Waals surface area (Å²) in [6, 6.07) is 19.5. The second-order valence-electron chi connectivity index (χ2n) is 7.83. The molecule has 0 unspecified atom stereocenters. The highest BCUT2D eigenvalue weighted by molar-refractivity contribution is 7.88. The Hall–Kier alpha value is -1.89. The molecule has 2 aliphatic heterocycles. The first-order chi connectivity index (χ1) is 13.5. The second kappa shape index (κ2) is 7.85. The molecule has 2 saturated heterocycles. The maximum atomic E-state index is 12.2. The van der Waals surface area contributed by atoms with Crippen molar-refractivity contribution in [1.82, 2.24) is 9.21 Å². The Bertz CT molecular complexity index is 916. The highest BCUT2D eigenvalue weighted by Gasteiger charge is 2.43. The van der Waals surface area contributed by atoms with Crippen LogP contribution in [0.1, 0.15) is 36.4 Å². The summed E-state index contributed by atoms with van der Waals surface area (Å²) >= 11 is 0. The highest BCUT2D eigenvalue weighted by atomic mass is 32.2. The van der Waals surface area contributed by atoms with Gasteiger partial charge in [-0.15, -0.1) is 0 Å². The Balaban J connectivity index is 1.76. The quantitative estimate of drug-likeness (QED) is 0.773. The van der Waals surface area contributed by atoms with Crippen LogP contribution in [-0.2, 0) is 10.0 Å². The average Bonchev–Trinajstić information content (AvgIpc) is 2.95. The lowest BCUT2D eigenvalue weighted by Crippen LogP contribution is -2.43. The van der Waals surface area contributed by atoms with Crippen LogP contribution in [0.15, 0.2) is 54.6 Å². The number of hydrogen-bond acceptors (Lipinski definition) is 4. The molecule has 0 N–H and O–H groups in total. The van der Waals surface area contributed by atoms with Gasteiger partial charge in [-0.25, -0.2) is 12.7 Å². The molecule has 0 spiro atoms. The Morgan fingerprint density at radius 1 is 0.964 bits per heavy atom. The van der Waals surface area contributed by atoms with E-state index in [9.17, 15) is 8.42 Å². The molecule has 150 valence electrons. The van der Waals surface area contributed by atoms with E-state index in [-0.39, 0.29) is 12.1 Å². The number of benzene rings is 2. The van der Waals surface area contributed by atoms with Crippen molar-refractivity contribution < 1.29 is 13.2 Å². The van der Waals surface area contributed by atoms with Gasteiger partial charge in [-0.3, -0.25) is 4.90 Å². The fourth-order valence-corrected chi connectivity index (χ4v) is 5.67. The van der Waals surface area contributed by atoms with E-state index < -0.39 is 10.0 Å². The lowest BCUT2D eigenvalue weighted by molar-refractivity contribution is 0.155. The molecule has 2 heterocycles. The van der Waals surface area contributed by atoms with E-state index in [1.165, 1.54) is 17.4 Å². The zero-order valence-electron chi connectivity index (χ0n) is 16.5. The van der Waals surface area contributed by atoms with Crippen LogP contribution in [-0.4, -0.2) is 56.2 Å². The molecule has 0 aliphatic carbocycles. The smallest absolute Gasteiger partial charge is 0.211 e.